The summed E-state index contributed by atoms with van der Waals surface area (Å²) >= 11 is 0. The lowest BCUT2D eigenvalue weighted by atomic mass is 10.00. The Morgan fingerprint density at radius 2 is 1.94 bits per heavy atom. The van der Waals surface area contributed by atoms with Crippen molar-refractivity contribution in [1.82, 2.24) is 5.32 Å². The van der Waals surface area contributed by atoms with Crippen molar-refractivity contribution in [3.8, 4) is 5.75 Å². The van der Waals surface area contributed by atoms with Crippen LogP contribution >= 0.6 is 0 Å². The van der Waals surface area contributed by atoms with E-state index in [9.17, 15) is 4.79 Å². The Labute approximate surface area is 108 Å². The summed E-state index contributed by atoms with van der Waals surface area (Å²) in [6.45, 7) is 5.09. The molecule has 0 atom stereocenters. The molecule has 0 aliphatic heterocycles. The van der Waals surface area contributed by atoms with E-state index in [1.807, 2.05) is 26.0 Å². The largest absolute Gasteiger partial charge is 0.496 e. The maximum absolute atomic E-state index is 11.7. The molecule has 18 heavy (non-hydrogen) atoms. The van der Waals surface area contributed by atoms with Gasteiger partial charge in [-0.05, 0) is 36.6 Å². The Kier molecular flexibility index (Phi) is 5.65. The predicted octanol–water partition coefficient (Wildman–Crippen LogP) is 1.62. The van der Waals surface area contributed by atoms with Crippen LogP contribution in [0.4, 0.5) is 0 Å². The van der Waals surface area contributed by atoms with Crippen molar-refractivity contribution in [2.75, 3.05) is 27.4 Å². The van der Waals surface area contributed by atoms with Gasteiger partial charge in [-0.25, -0.2) is 0 Å². The molecule has 4 heteroatoms. The number of benzene rings is 1. The second kappa shape index (κ2) is 7.01. The number of methoxy groups -OCH3 is 2. The molecule has 0 fully saturated rings. The molecule has 0 saturated heterocycles. The Bertz CT molecular complexity index is 416. The summed E-state index contributed by atoms with van der Waals surface area (Å²) in [4.78, 5) is 11.7. The third-order valence-corrected chi connectivity index (χ3v) is 3.05. The van der Waals surface area contributed by atoms with Crippen LogP contribution in [0.15, 0.2) is 12.1 Å². The molecule has 100 valence electrons. The van der Waals surface area contributed by atoms with Gasteiger partial charge in [0.2, 0.25) is 5.91 Å². The first-order valence-corrected chi connectivity index (χ1v) is 5.98. The summed E-state index contributed by atoms with van der Waals surface area (Å²) in [5, 5.41) is 2.81. The molecule has 4 nitrogen and oxygen atoms in total. The van der Waals surface area contributed by atoms with Crippen molar-refractivity contribution in [3.63, 3.8) is 0 Å². The number of carbonyl (C=O) groups excluding carboxylic acids is 1. The van der Waals surface area contributed by atoms with Crippen molar-refractivity contribution in [2.45, 2.75) is 20.3 Å². The smallest absolute Gasteiger partial charge is 0.224 e. The van der Waals surface area contributed by atoms with Gasteiger partial charge in [0.15, 0.2) is 0 Å². The third-order valence-electron chi connectivity index (χ3n) is 3.05. The van der Waals surface area contributed by atoms with E-state index in [0.29, 0.717) is 19.6 Å². The first-order valence-electron chi connectivity index (χ1n) is 5.98. The third kappa shape index (κ3) is 3.74. The fourth-order valence-corrected chi connectivity index (χ4v) is 1.79. The van der Waals surface area contributed by atoms with Crippen LogP contribution in [-0.2, 0) is 16.0 Å². The normalized spacial score (nSPS) is 10.2. The molecule has 0 heterocycles. The maximum Gasteiger partial charge on any atom is 0.224 e. The molecule has 1 amide bonds. The van der Waals surface area contributed by atoms with Crippen molar-refractivity contribution >= 4 is 5.91 Å². The first kappa shape index (κ1) is 14.5. The Balaban J connectivity index is 2.68. The summed E-state index contributed by atoms with van der Waals surface area (Å²) in [5.74, 6) is 0.871. The fourth-order valence-electron chi connectivity index (χ4n) is 1.79. The number of nitrogens with one attached hydrogen (secondary N) is 1. The Morgan fingerprint density at radius 3 is 2.56 bits per heavy atom. The van der Waals surface area contributed by atoms with Gasteiger partial charge in [0, 0.05) is 13.7 Å². The van der Waals surface area contributed by atoms with E-state index in [1.165, 1.54) is 0 Å². The zero-order chi connectivity index (χ0) is 13.5. The van der Waals surface area contributed by atoms with Crippen molar-refractivity contribution in [2.24, 2.45) is 0 Å². The minimum absolute atomic E-state index is 0.0136. The van der Waals surface area contributed by atoms with Crippen molar-refractivity contribution < 1.29 is 14.3 Å². The highest BCUT2D eigenvalue weighted by Crippen LogP contribution is 2.24. The lowest BCUT2D eigenvalue weighted by Crippen LogP contribution is -2.28. The van der Waals surface area contributed by atoms with Gasteiger partial charge in [0.05, 0.1) is 20.1 Å². The van der Waals surface area contributed by atoms with E-state index < -0.39 is 0 Å². The lowest BCUT2D eigenvalue weighted by molar-refractivity contribution is -0.120. The van der Waals surface area contributed by atoms with E-state index >= 15 is 0 Å². The van der Waals surface area contributed by atoms with Crippen molar-refractivity contribution in [1.29, 1.82) is 0 Å². The number of carbonyl (C=O) groups is 1. The molecular formula is C14H21NO3. The maximum atomic E-state index is 11.7. The van der Waals surface area contributed by atoms with Crippen LogP contribution in [0.1, 0.15) is 16.7 Å². The van der Waals surface area contributed by atoms with Crippen LogP contribution in [0, 0.1) is 13.8 Å². The molecule has 0 spiro atoms. The van der Waals surface area contributed by atoms with Gasteiger partial charge in [-0.15, -0.1) is 0 Å². The van der Waals surface area contributed by atoms with Gasteiger partial charge in [0.25, 0.3) is 0 Å². The number of amides is 1. The Morgan fingerprint density at radius 1 is 1.22 bits per heavy atom. The number of hydrogen-bond donors (Lipinski definition) is 1. The quantitative estimate of drug-likeness (QED) is 0.781. The van der Waals surface area contributed by atoms with E-state index in [-0.39, 0.29) is 5.91 Å². The van der Waals surface area contributed by atoms with Crippen LogP contribution in [0.5, 0.6) is 5.75 Å². The van der Waals surface area contributed by atoms with Gasteiger partial charge < -0.3 is 14.8 Å². The highest BCUT2D eigenvalue weighted by Gasteiger charge is 2.09. The number of ether oxygens (including phenoxy) is 2. The SMILES string of the molecule is COCCNC(=O)Cc1ccc(OC)c(C)c1C. The summed E-state index contributed by atoms with van der Waals surface area (Å²) in [7, 11) is 3.27. The number of rotatable bonds is 6. The standard InChI is InChI=1S/C14H21NO3/c1-10-11(2)13(18-4)6-5-12(10)9-14(16)15-7-8-17-3/h5-6H,7-9H2,1-4H3,(H,15,16). The molecule has 0 saturated carbocycles. The topological polar surface area (TPSA) is 47.6 Å². The molecule has 0 unspecified atom stereocenters. The first-order chi connectivity index (χ1) is 8.60. The highest BCUT2D eigenvalue weighted by molar-refractivity contribution is 5.79. The second-order valence-corrected chi connectivity index (χ2v) is 4.20. The summed E-state index contributed by atoms with van der Waals surface area (Å²) in [6.07, 6.45) is 0.389. The predicted molar refractivity (Wildman–Crippen MR) is 71.1 cm³/mol. The summed E-state index contributed by atoms with van der Waals surface area (Å²) in [6, 6.07) is 3.84. The zero-order valence-corrected chi connectivity index (χ0v) is 11.5. The molecule has 0 aliphatic rings. The van der Waals surface area contributed by atoms with E-state index in [1.54, 1.807) is 14.2 Å². The molecular weight excluding hydrogens is 230 g/mol. The van der Waals surface area contributed by atoms with E-state index in [2.05, 4.69) is 5.32 Å². The van der Waals surface area contributed by atoms with Crippen LogP contribution in [0.2, 0.25) is 0 Å². The molecule has 1 aromatic rings. The fraction of sp³-hybridized carbons (Fsp3) is 0.500. The van der Waals surface area contributed by atoms with E-state index in [0.717, 1.165) is 22.4 Å². The molecule has 0 bridgehead atoms. The highest BCUT2D eigenvalue weighted by atomic mass is 16.5. The van der Waals surface area contributed by atoms with Crippen LogP contribution in [0.25, 0.3) is 0 Å². The molecule has 1 aromatic carbocycles. The van der Waals surface area contributed by atoms with Crippen LogP contribution in [-0.4, -0.2) is 33.3 Å². The number of hydrogen-bond acceptors (Lipinski definition) is 3. The monoisotopic (exact) mass is 251 g/mol. The molecule has 1 N–H and O–H groups in total. The average Bonchev–Trinajstić information content (AvgIpc) is 2.36. The summed E-state index contributed by atoms with van der Waals surface area (Å²) in [5.41, 5.74) is 3.22. The van der Waals surface area contributed by atoms with Crippen LogP contribution in [0.3, 0.4) is 0 Å². The van der Waals surface area contributed by atoms with Crippen LogP contribution < -0.4 is 10.1 Å². The Hall–Kier alpha value is -1.55. The van der Waals surface area contributed by atoms with Gasteiger partial charge in [-0.3, -0.25) is 4.79 Å². The zero-order valence-electron chi connectivity index (χ0n) is 11.5. The van der Waals surface area contributed by atoms with Gasteiger partial charge in [-0.1, -0.05) is 6.07 Å². The minimum atomic E-state index is 0.0136. The van der Waals surface area contributed by atoms with E-state index in [4.69, 9.17) is 9.47 Å². The molecule has 0 aliphatic carbocycles. The molecule has 0 radical (unpaired) electrons. The second-order valence-electron chi connectivity index (χ2n) is 4.20. The minimum Gasteiger partial charge on any atom is -0.496 e. The molecule has 0 aromatic heterocycles. The lowest BCUT2D eigenvalue weighted by Gasteiger charge is -2.12. The van der Waals surface area contributed by atoms with Gasteiger partial charge in [0.1, 0.15) is 5.75 Å². The van der Waals surface area contributed by atoms with Gasteiger partial charge in [-0.2, -0.15) is 0 Å². The molecule has 1 rings (SSSR count). The van der Waals surface area contributed by atoms with Gasteiger partial charge >= 0.3 is 0 Å². The average molecular weight is 251 g/mol. The summed E-state index contributed by atoms with van der Waals surface area (Å²) < 4.78 is 10.1. The van der Waals surface area contributed by atoms with Crippen molar-refractivity contribution in [3.05, 3.63) is 28.8 Å².